The Kier molecular flexibility index (Phi) is 4.55. The quantitative estimate of drug-likeness (QED) is 0.795. The van der Waals surface area contributed by atoms with Gasteiger partial charge in [-0.15, -0.1) is 11.8 Å². The van der Waals surface area contributed by atoms with Gasteiger partial charge in [0.25, 0.3) is 0 Å². The number of carbonyl (C=O) groups excluding carboxylic acids is 1. The van der Waals surface area contributed by atoms with Crippen LogP contribution < -0.4 is 0 Å². The molecular weight excluding hydrogens is 284 g/mol. The predicted molar refractivity (Wildman–Crippen MR) is 82.0 cm³/mol. The van der Waals surface area contributed by atoms with Crippen molar-refractivity contribution in [3.63, 3.8) is 0 Å². The van der Waals surface area contributed by atoms with Crippen molar-refractivity contribution in [3.05, 3.63) is 42.7 Å². The van der Waals surface area contributed by atoms with Gasteiger partial charge in [-0.05, 0) is 18.6 Å². The van der Waals surface area contributed by atoms with Crippen LogP contribution in [-0.2, 0) is 4.79 Å². The van der Waals surface area contributed by atoms with Crippen LogP contribution in [-0.4, -0.2) is 44.6 Å². The van der Waals surface area contributed by atoms with Crippen molar-refractivity contribution in [1.29, 1.82) is 0 Å². The molecule has 1 aromatic heterocycles. The van der Waals surface area contributed by atoms with Gasteiger partial charge in [-0.25, -0.2) is 0 Å². The van der Waals surface area contributed by atoms with Gasteiger partial charge in [0.2, 0.25) is 5.91 Å². The first kappa shape index (κ1) is 14.1. The fraction of sp³-hybridized carbons (Fsp3) is 0.400. The molecule has 110 valence electrons. The van der Waals surface area contributed by atoms with Crippen LogP contribution in [0.15, 0.2) is 47.6 Å². The number of aromatic nitrogens is 3. The van der Waals surface area contributed by atoms with Crippen molar-refractivity contribution >= 4 is 17.7 Å². The molecule has 0 spiro atoms. The summed E-state index contributed by atoms with van der Waals surface area (Å²) >= 11 is 1.73. The average molecular weight is 302 g/mol. The highest BCUT2D eigenvalue weighted by Crippen LogP contribution is 2.22. The van der Waals surface area contributed by atoms with E-state index in [0.717, 1.165) is 25.3 Å². The fourth-order valence-electron chi connectivity index (χ4n) is 2.50. The Morgan fingerprint density at radius 1 is 1.24 bits per heavy atom. The normalized spacial score (nSPS) is 18.1. The highest BCUT2D eigenvalue weighted by Gasteiger charge is 2.27. The molecule has 1 fully saturated rings. The summed E-state index contributed by atoms with van der Waals surface area (Å²) in [5.74, 6) is 1.05. The Balaban J connectivity index is 1.44. The van der Waals surface area contributed by atoms with Crippen molar-refractivity contribution in [2.45, 2.75) is 23.8 Å². The number of carbonyl (C=O) groups is 1. The van der Waals surface area contributed by atoms with Crippen LogP contribution in [0.25, 0.3) is 0 Å². The zero-order valence-corrected chi connectivity index (χ0v) is 12.6. The van der Waals surface area contributed by atoms with Crippen LogP contribution in [0.3, 0.4) is 0 Å². The third-order valence-corrected chi connectivity index (χ3v) is 4.62. The third-order valence-electron chi connectivity index (χ3n) is 3.61. The summed E-state index contributed by atoms with van der Waals surface area (Å²) in [6.45, 7) is 1.53. The maximum absolute atomic E-state index is 12.2. The predicted octanol–water partition coefficient (Wildman–Crippen LogP) is 2.23. The Labute approximate surface area is 128 Å². The first-order valence-corrected chi connectivity index (χ1v) is 8.13. The van der Waals surface area contributed by atoms with E-state index in [1.165, 1.54) is 4.90 Å². The maximum Gasteiger partial charge on any atom is 0.223 e. The molecule has 1 amide bonds. The standard InChI is InChI=1S/C15H18N4OS/c20-15(7-11-21-14-4-2-1-3-5-14)18-10-6-13(12-18)19-16-8-9-17-19/h1-5,8-9,13H,6-7,10-12H2/t13-/m0/s1. The number of likely N-dealkylation sites (tertiary alicyclic amines) is 1. The summed E-state index contributed by atoms with van der Waals surface area (Å²) in [4.78, 5) is 17.1. The summed E-state index contributed by atoms with van der Waals surface area (Å²) in [5, 5.41) is 8.31. The van der Waals surface area contributed by atoms with Gasteiger partial charge >= 0.3 is 0 Å². The number of benzene rings is 1. The van der Waals surface area contributed by atoms with E-state index >= 15 is 0 Å². The lowest BCUT2D eigenvalue weighted by Gasteiger charge is -2.16. The molecule has 1 aliphatic heterocycles. The summed E-state index contributed by atoms with van der Waals surface area (Å²) in [6.07, 6.45) is 4.88. The highest BCUT2D eigenvalue weighted by molar-refractivity contribution is 7.99. The molecule has 21 heavy (non-hydrogen) atoms. The van der Waals surface area contributed by atoms with Gasteiger partial charge in [-0.3, -0.25) is 4.79 Å². The molecule has 2 heterocycles. The van der Waals surface area contributed by atoms with Gasteiger partial charge in [0.1, 0.15) is 0 Å². The first-order chi connectivity index (χ1) is 10.3. The van der Waals surface area contributed by atoms with E-state index < -0.39 is 0 Å². The molecule has 0 aliphatic carbocycles. The molecule has 1 aliphatic rings. The molecule has 0 unspecified atom stereocenters. The average Bonchev–Trinajstić information content (AvgIpc) is 3.19. The molecule has 1 saturated heterocycles. The number of nitrogens with zero attached hydrogens (tertiary/aromatic N) is 4. The molecule has 0 N–H and O–H groups in total. The molecule has 1 atom stereocenters. The summed E-state index contributed by atoms with van der Waals surface area (Å²) in [7, 11) is 0. The van der Waals surface area contributed by atoms with E-state index in [1.807, 2.05) is 23.1 Å². The second-order valence-corrected chi connectivity index (χ2v) is 6.21. The van der Waals surface area contributed by atoms with Gasteiger partial charge in [-0.1, -0.05) is 18.2 Å². The molecule has 3 rings (SSSR count). The Hall–Kier alpha value is -1.82. The first-order valence-electron chi connectivity index (χ1n) is 7.14. The second-order valence-electron chi connectivity index (χ2n) is 5.04. The van der Waals surface area contributed by atoms with Gasteiger partial charge < -0.3 is 4.90 Å². The zero-order chi connectivity index (χ0) is 14.5. The molecule has 1 aromatic carbocycles. The van der Waals surface area contributed by atoms with E-state index in [4.69, 9.17) is 0 Å². The SMILES string of the molecule is O=C(CCSc1ccccc1)N1CC[C@H](n2nccn2)C1. The molecular formula is C15H18N4OS. The fourth-order valence-corrected chi connectivity index (χ4v) is 3.36. The number of rotatable bonds is 5. The Morgan fingerprint density at radius 3 is 2.76 bits per heavy atom. The minimum Gasteiger partial charge on any atom is -0.340 e. The van der Waals surface area contributed by atoms with E-state index in [1.54, 1.807) is 29.0 Å². The van der Waals surface area contributed by atoms with E-state index in [9.17, 15) is 4.79 Å². The number of amides is 1. The second kappa shape index (κ2) is 6.76. The molecule has 6 heteroatoms. The smallest absolute Gasteiger partial charge is 0.223 e. The monoisotopic (exact) mass is 302 g/mol. The summed E-state index contributed by atoms with van der Waals surface area (Å²) in [6, 6.07) is 10.4. The zero-order valence-electron chi connectivity index (χ0n) is 11.8. The van der Waals surface area contributed by atoms with Crippen molar-refractivity contribution in [3.8, 4) is 0 Å². The maximum atomic E-state index is 12.2. The molecule has 0 saturated carbocycles. The van der Waals surface area contributed by atoms with E-state index in [2.05, 4.69) is 22.3 Å². The lowest BCUT2D eigenvalue weighted by atomic mass is 10.3. The number of hydrogen-bond acceptors (Lipinski definition) is 4. The lowest BCUT2D eigenvalue weighted by Crippen LogP contribution is -2.29. The van der Waals surface area contributed by atoms with Crippen molar-refractivity contribution in [2.75, 3.05) is 18.8 Å². The van der Waals surface area contributed by atoms with Crippen molar-refractivity contribution in [1.82, 2.24) is 19.9 Å². The summed E-state index contributed by atoms with van der Waals surface area (Å²) in [5.41, 5.74) is 0. The highest BCUT2D eigenvalue weighted by atomic mass is 32.2. The van der Waals surface area contributed by atoms with Crippen LogP contribution in [0.1, 0.15) is 18.9 Å². The van der Waals surface area contributed by atoms with E-state index in [-0.39, 0.29) is 11.9 Å². The Bertz CT molecular complexity index is 573. The molecule has 2 aromatic rings. The van der Waals surface area contributed by atoms with Crippen LogP contribution >= 0.6 is 11.8 Å². The lowest BCUT2D eigenvalue weighted by molar-refractivity contribution is -0.129. The number of hydrogen-bond donors (Lipinski definition) is 0. The molecule has 0 bridgehead atoms. The largest absolute Gasteiger partial charge is 0.340 e. The van der Waals surface area contributed by atoms with Crippen LogP contribution in [0.5, 0.6) is 0 Å². The van der Waals surface area contributed by atoms with Gasteiger partial charge in [-0.2, -0.15) is 15.0 Å². The minimum atomic E-state index is 0.228. The Morgan fingerprint density at radius 2 is 2.00 bits per heavy atom. The van der Waals surface area contributed by atoms with E-state index in [0.29, 0.717) is 6.42 Å². The van der Waals surface area contributed by atoms with Crippen molar-refractivity contribution in [2.24, 2.45) is 0 Å². The van der Waals surface area contributed by atoms with Gasteiger partial charge in [0.05, 0.1) is 18.4 Å². The molecule has 0 radical (unpaired) electrons. The van der Waals surface area contributed by atoms with Crippen LogP contribution in [0, 0.1) is 0 Å². The van der Waals surface area contributed by atoms with Gasteiger partial charge in [0.15, 0.2) is 0 Å². The van der Waals surface area contributed by atoms with Gasteiger partial charge in [0, 0.05) is 30.2 Å². The number of thioether (sulfide) groups is 1. The van der Waals surface area contributed by atoms with Crippen LogP contribution in [0.2, 0.25) is 0 Å². The van der Waals surface area contributed by atoms with Crippen molar-refractivity contribution < 1.29 is 4.79 Å². The topological polar surface area (TPSA) is 51.0 Å². The minimum absolute atomic E-state index is 0.228. The summed E-state index contributed by atoms with van der Waals surface area (Å²) < 4.78 is 0. The third kappa shape index (κ3) is 3.64. The molecule has 5 nitrogen and oxygen atoms in total. The van der Waals surface area contributed by atoms with Crippen LogP contribution in [0.4, 0.5) is 0 Å².